The fraction of sp³-hybridized carbons (Fsp3) is 0.917. The topological polar surface area (TPSA) is 0 Å². The van der Waals surface area contributed by atoms with Crippen LogP contribution in [0.3, 0.4) is 0 Å². The van der Waals surface area contributed by atoms with Gasteiger partial charge in [0.15, 0.2) is 0 Å². The van der Waals surface area contributed by atoms with Crippen LogP contribution in [-0.2, 0) is 5.41 Å². The molecule has 72 heavy (non-hydrogen) atoms. The number of aryl methyl sites for hydroxylation is 2. The van der Waals surface area contributed by atoms with Crippen molar-refractivity contribution in [1.29, 1.82) is 0 Å². The Hall–Kier alpha value is -0.780. The van der Waals surface area contributed by atoms with Gasteiger partial charge in [0.05, 0.1) is 0 Å². The molecule has 0 atom stereocenters. The van der Waals surface area contributed by atoms with Gasteiger partial charge in [-0.05, 0) is 148 Å². The molecule has 2 fully saturated rings. The predicted molar refractivity (Wildman–Crippen MR) is 352 cm³/mol. The van der Waals surface area contributed by atoms with Crippen molar-refractivity contribution in [3.63, 3.8) is 0 Å². The Bertz CT molecular complexity index is 1720. The molecule has 0 spiro atoms. The molecule has 446 valence electrons. The Morgan fingerprint density at radius 1 is 0.486 bits per heavy atom. The minimum atomic E-state index is -2.29. The first-order chi connectivity index (χ1) is 33.7. The highest BCUT2D eigenvalue weighted by Gasteiger charge is 2.28. The molecule has 0 amide bonds. The van der Waals surface area contributed by atoms with Gasteiger partial charge in [0.25, 0.3) is 0 Å². The monoisotopic (exact) mass is 1040 g/mol. The van der Waals surface area contributed by atoms with E-state index >= 15 is 0 Å². The third-order valence-corrected chi connectivity index (χ3v) is 11.1. The molecule has 1 aromatic carbocycles. The number of hydrogen-bond donors (Lipinski definition) is 0. The first-order valence-electron chi connectivity index (χ1n) is 32.7. The number of benzene rings is 1. The largest absolute Gasteiger partial charge is 0.0776 e. The Morgan fingerprint density at radius 3 is 0.875 bits per heavy atom. The van der Waals surface area contributed by atoms with Crippen LogP contribution in [0.5, 0.6) is 0 Å². The maximum Gasteiger partial charge on any atom is 0.0308 e. The average molecular weight is 1040 g/mol. The molecule has 2 saturated carbocycles. The Morgan fingerprint density at radius 2 is 0.764 bits per heavy atom. The van der Waals surface area contributed by atoms with Gasteiger partial charge in [-0.2, -0.15) is 0 Å². The number of hydrogen-bond acceptors (Lipinski definition) is 0. The van der Waals surface area contributed by atoms with Gasteiger partial charge in [-0.1, -0.05) is 322 Å². The molecule has 0 radical (unpaired) electrons. The maximum absolute atomic E-state index is 8.27. The summed E-state index contributed by atoms with van der Waals surface area (Å²) in [5.41, 5.74) is 2.19. The fourth-order valence-corrected chi connectivity index (χ4v) is 9.52. The standard InChI is InChI=1S/C12H18.C10H20.C9H18.3C9H20.C8H18.6CH4/c1-9-7-6-8-10(2)11(9)12(3,4)5;1-10(2,3)9-7-5-4-6-8-9;1-9(2,3)8-6-4-5-7-8;2*1-8(2,3)7-9(4,5)6;1-6-8(7-2)9(3,4)5;1-7(2)6-8(3,4)5;;;;;;/h6-8H,1-5H3;9H,4-8H2,1-3H3;8H,4-7H2,1-3H3;2*7H2,1-6H3;8H,6-7H2,1-5H3;7H,6H2,1-5H3;6*1H4/i;9D;8D;1D3,7D2;7D2;8D;6D2;;;;;;. The van der Waals surface area contributed by atoms with Crippen molar-refractivity contribution in [3.05, 3.63) is 34.9 Å². The van der Waals surface area contributed by atoms with Crippen LogP contribution >= 0.6 is 0 Å². The summed E-state index contributed by atoms with van der Waals surface area (Å²) in [5, 5.41) is 0. The molecule has 0 heteroatoms. The smallest absolute Gasteiger partial charge is 0.0308 e. The van der Waals surface area contributed by atoms with E-state index in [-0.39, 0.29) is 106 Å². The van der Waals surface area contributed by atoms with Crippen molar-refractivity contribution < 1.29 is 16.4 Å². The second kappa shape index (κ2) is 40.4. The van der Waals surface area contributed by atoms with Crippen molar-refractivity contribution in [1.82, 2.24) is 0 Å². The van der Waals surface area contributed by atoms with Gasteiger partial charge in [0.1, 0.15) is 0 Å². The summed E-state index contributed by atoms with van der Waals surface area (Å²) in [6.45, 7) is 62.1. The van der Waals surface area contributed by atoms with E-state index in [2.05, 4.69) is 129 Å². The molecule has 0 bridgehead atoms. The van der Waals surface area contributed by atoms with Gasteiger partial charge < -0.3 is 0 Å². The molecule has 2 aliphatic carbocycles. The molecule has 0 aliphatic heterocycles. The van der Waals surface area contributed by atoms with Crippen LogP contribution in [0.4, 0.5) is 0 Å². The second-order valence-electron chi connectivity index (χ2n) is 28.7. The summed E-state index contributed by atoms with van der Waals surface area (Å²) < 4.78 is 93.6. The molecule has 0 heterocycles. The van der Waals surface area contributed by atoms with Crippen molar-refractivity contribution in [2.45, 2.75) is 368 Å². The van der Waals surface area contributed by atoms with E-state index in [0.717, 1.165) is 38.5 Å². The van der Waals surface area contributed by atoms with E-state index in [9.17, 15) is 0 Å². The minimum Gasteiger partial charge on any atom is -0.0776 e. The molecule has 3 rings (SSSR count). The molecule has 0 unspecified atom stereocenters. The zero-order chi connectivity index (χ0) is 64.2. The minimum absolute atomic E-state index is 0. The van der Waals surface area contributed by atoms with Crippen molar-refractivity contribution in [3.8, 4) is 0 Å². The Labute approximate surface area is 484 Å². The molecule has 1 aromatic rings. The molecular weight excluding hydrogens is 865 g/mol. The highest BCUT2D eigenvalue weighted by Crippen LogP contribution is 2.39. The van der Waals surface area contributed by atoms with Crippen molar-refractivity contribution in [2.24, 2.45) is 66.9 Å². The number of rotatable bonds is 3. The van der Waals surface area contributed by atoms with E-state index in [1.165, 1.54) is 62.6 Å². The lowest BCUT2D eigenvalue weighted by Crippen LogP contribution is -2.22. The summed E-state index contributed by atoms with van der Waals surface area (Å²) >= 11 is 0. The van der Waals surface area contributed by atoms with Crippen LogP contribution in [0.15, 0.2) is 18.2 Å². The SMILES string of the molecule is C.C.C.C.C.C.Cc1cccc(C)c1C(C)(C)C.[2H]C(CC)(CC)C(C)(C)C.[2H]C([2H])(C(C)(C)C)C(C)(C)C.[2H]C([2H])(C(C)C)C(C)(C)C.[2H]C([2H])([2H])C(C)(C)C([2H])([2H])C(C)(C)C.[2H]C1(C(C)(C)C)CCCC1.[2H]C1(C(C)(C)C)CCCCC1. The van der Waals surface area contributed by atoms with Crippen LogP contribution in [0.25, 0.3) is 0 Å². The Kier molecular flexibility index (Phi) is 36.8. The van der Waals surface area contributed by atoms with Gasteiger partial charge in [-0.3, -0.25) is 0 Å². The fourth-order valence-electron chi connectivity index (χ4n) is 9.52. The van der Waals surface area contributed by atoms with E-state index < -0.39 is 36.8 Å². The van der Waals surface area contributed by atoms with Crippen LogP contribution in [0, 0.1) is 80.8 Å². The molecule has 0 N–H and O–H groups in total. The molecule has 0 nitrogen and oxygen atoms in total. The summed E-state index contributed by atoms with van der Waals surface area (Å²) in [5.74, 6) is -0.391. The lowest BCUT2D eigenvalue weighted by Gasteiger charge is -2.33. The van der Waals surface area contributed by atoms with Crippen LogP contribution < -0.4 is 0 Å². The zero-order valence-electron chi connectivity index (χ0n) is 63.6. The predicted octanol–water partition coefficient (Wildman–Crippen LogP) is 27.7. The maximum atomic E-state index is 8.27. The molecule has 2 aliphatic rings. The third kappa shape index (κ3) is 60.1. The summed E-state index contributed by atoms with van der Waals surface area (Å²) in [7, 11) is 0. The van der Waals surface area contributed by atoms with Gasteiger partial charge in [-0.25, -0.2) is 0 Å². The molecular formula is C72H158. The summed E-state index contributed by atoms with van der Waals surface area (Å²) in [6, 6.07) is 6.50. The van der Waals surface area contributed by atoms with E-state index in [4.69, 9.17) is 16.4 Å². The normalized spacial score (nSPS) is 18.8. The summed E-state index contributed by atoms with van der Waals surface area (Å²) in [4.78, 5) is 0. The molecule has 0 saturated heterocycles. The quantitative estimate of drug-likeness (QED) is 0.283. The van der Waals surface area contributed by atoms with Gasteiger partial charge in [0, 0.05) is 16.4 Å². The van der Waals surface area contributed by atoms with Crippen molar-refractivity contribution in [2.75, 3.05) is 0 Å². The third-order valence-electron chi connectivity index (χ3n) is 11.1. The van der Waals surface area contributed by atoms with E-state index in [1.54, 1.807) is 20.8 Å². The second-order valence-corrected chi connectivity index (χ2v) is 28.7. The van der Waals surface area contributed by atoms with E-state index in [1.807, 2.05) is 76.2 Å². The average Bonchev–Trinajstić information content (AvgIpc) is 3.67. The molecule has 0 aromatic heterocycles. The highest BCUT2D eigenvalue weighted by molar-refractivity contribution is 5.38. The van der Waals surface area contributed by atoms with E-state index in [0.29, 0.717) is 0 Å². The van der Waals surface area contributed by atoms with Crippen LogP contribution in [0.1, 0.15) is 382 Å². The lowest BCUT2D eigenvalue weighted by molar-refractivity contribution is 0.180. The van der Waals surface area contributed by atoms with Gasteiger partial charge in [-0.15, -0.1) is 0 Å². The lowest BCUT2D eigenvalue weighted by atomic mass is 9.72. The first kappa shape index (κ1) is 65.5. The summed E-state index contributed by atoms with van der Waals surface area (Å²) in [6.07, 6.45) is 8.80. The first-order valence-corrected chi connectivity index (χ1v) is 26.7. The van der Waals surface area contributed by atoms with Gasteiger partial charge in [0.2, 0.25) is 0 Å². The van der Waals surface area contributed by atoms with Gasteiger partial charge >= 0.3 is 0 Å². The van der Waals surface area contributed by atoms with Crippen molar-refractivity contribution >= 4 is 0 Å². The zero-order valence-corrected chi connectivity index (χ0v) is 51.6. The van der Waals surface area contributed by atoms with Crippen LogP contribution in [0.2, 0.25) is 0 Å². The Balaban J connectivity index is -0.0000000942. The highest BCUT2D eigenvalue weighted by atomic mass is 14.3. The van der Waals surface area contributed by atoms with Crippen LogP contribution in [-0.4, -0.2) is 0 Å².